The highest BCUT2D eigenvalue weighted by Crippen LogP contribution is 2.14. The van der Waals surface area contributed by atoms with Crippen molar-refractivity contribution >= 4 is 5.91 Å². The number of rotatable bonds is 5. The summed E-state index contributed by atoms with van der Waals surface area (Å²) in [7, 11) is 0. The lowest BCUT2D eigenvalue weighted by atomic mass is 10.1. The topological polar surface area (TPSA) is 41.1 Å². The molecule has 112 valence electrons. The highest BCUT2D eigenvalue weighted by molar-refractivity contribution is 5.77. The van der Waals surface area contributed by atoms with E-state index < -0.39 is 25.2 Å². The Bertz CT molecular complexity index is 463. The first-order chi connectivity index (χ1) is 9.19. The van der Waals surface area contributed by atoms with Crippen LogP contribution < -0.4 is 10.6 Å². The normalized spacial score (nSPS) is 11.5. The molecule has 1 aromatic rings. The number of carbonyl (C=O) groups is 1. The third-order valence-electron chi connectivity index (χ3n) is 2.60. The quantitative estimate of drug-likeness (QED) is 0.817. The molecule has 0 aromatic heterocycles. The Morgan fingerprint density at radius 3 is 2.25 bits per heavy atom. The van der Waals surface area contributed by atoms with Gasteiger partial charge in [-0.2, -0.15) is 13.2 Å². The van der Waals surface area contributed by atoms with Crippen LogP contribution in [0, 0.1) is 19.7 Å². The minimum Gasteiger partial charge on any atom is -0.351 e. The Morgan fingerprint density at radius 1 is 1.20 bits per heavy atom. The van der Waals surface area contributed by atoms with Crippen molar-refractivity contribution in [2.75, 3.05) is 13.1 Å². The maximum absolute atomic E-state index is 13.4. The molecule has 1 aromatic carbocycles. The lowest BCUT2D eigenvalue weighted by Crippen LogP contribution is -2.38. The van der Waals surface area contributed by atoms with Gasteiger partial charge in [0.15, 0.2) is 0 Å². The van der Waals surface area contributed by atoms with Gasteiger partial charge in [0.2, 0.25) is 5.91 Å². The molecule has 0 saturated heterocycles. The maximum Gasteiger partial charge on any atom is 0.401 e. The number of hydrogen-bond donors (Lipinski definition) is 2. The Balaban J connectivity index is 2.42. The van der Waals surface area contributed by atoms with Crippen LogP contribution in [0.5, 0.6) is 0 Å². The van der Waals surface area contributed by atoms with Crippen molar-refractivity contribution in [1.29, 1.82) is 0 Å². The minimum atomic E-state index is -4.34. The van der Waals surface area contributed by atoms with Crippen molar-refractivity contribution in [3.05, 3.63) is 34.6 Å². The summed E-state index contributed by atoms with van der Waals surface area (Å²) >= 11 is 0. The van der Waals surface area contributed by atoms with Crippen molar-refractivity contribution in [2.45, 2.75) is 26.6 Å². The van der Waals surface area contributed by atoms with Crippen molar-refractivity contribution in [1.82, 2.24) is 10.6 Å². The molecule has 0 radical (unpaired) electrons. The lowest BCUT2D eigenvalue weighted by molar-refractivity contribution is -0.128. The molecule has 0 aliphatic carbocycles. The number of aryl methyl sites for hydroxylation is 2. The highest BCUT2D eigenvalue weighted by atomic mass is 19.4. The largest absolute Gasteiger partial charge is 0.401 e. The van der Waals surface area contributed by atoms with E-state index >= 15 is 0 Å². The van der Waals surface area contributed by atoms with E-state index in [9.17, 15) is 22.4 Å². The van der Waals surface area contributed by atoms with Crippen LogP contribution in [0.25, 0.3) is 0 Å². The third kappa shape index (κ3) is 5.56. The Kier molecular flexibility index (Phi) is 5.50. The van der Waals surface area contributed by atoms with Crippen LogP contribution in [0.1, 0.15) is 16.7 Å². The Morgan fingerprint density at radius 2 is 1.75 bits per heavy atom. The molecule has 20 heavy (non-hydrogen) atoms. The minimum absolute atomic E-state index is 0.147. The lowest BCUT2D eigenvalue weighted by Gasteiger charge is -2.10. The molecule has 0 heterocycles. The molecular formula is C13H16F4N2O. The predicted octanol–water partition coefficient (Wildman–Crippen LogP) is 2.21. The van der Waals surface area contributed by atoms with Gasteiger partial charge in [0.1, 0.15) is 5.82 Å². The smallest absolute Gasteiger partial charge is 0.351 e. The Labute approximate surface area is 114 Å². The summed E-state index contributed by atoms with van der Waals surface area (Å²) in [6.45, 7) is 1.74. The van der Waals surface area contributed by atoms with E-state index in [1.807, 2.05) is 5.32 Å². The van der Waals surface area contributed by atoms with E-state index in [0.717, 1.165) is 0 Å². The van der Waals surface area contributed by atoms with Gasteiger partial charge in [-0.1, -0.05) is 12.1 Å². The first-order valence-electron chi connectivity index (χ1n) is 5.99. The second kappa shape index (κ2) is 6.69. The van der Waals surface area contributed by atoms with Gasteiger partial charge in [0, 0.05) is 6.54 Å². The number of nitrogens with one attached hydrogen (secondary N) is 2. The van der Waals surface area contributed by atoms with Crippen molar-refractivity contribution in [3.8, 4) is 0 Å². The molecule has 1 amide bonds. The first-order valence-corrected chi connectivity index (χ1v) is 5.99. The number of hydrogen-bond acceptors (Lipinski definition) is 2. The van der Waals surface area contributed by atoms with Crippen LogP contribution in [0.4, 0.5) is 17.6 Å². The molecule has 2 N–H and O–H groups in total. The molecule has 0 atom stereocenters. The number of carbonyl (C=O) groups excluding carboxylic acids is 1. The molecule has 0 saturated carbocycles. The van der Waals surface area contributed by atoms with Gasteiger partial charge in [0.05, 0.1) is 13.1 Å². The number of halogens is 4. The molecular weight excluding hydrogens is 276 g/mol. The molecule has 0 aliphatic rings. The third-order valence-corrected chi connectivity index (χ3v) is 2.60. The summed E-state index contributed by atoms with van der Waals surface area (Å²) in [6, 6.07) is 3.18. The monoisotopic (exact) mass is 292 g/mol. The van der Waals surface area contributed by atoms with E-state index in [4.69, 9.17) is 0 Å². The fraction of sp³-hybridized carbons (Fsp3) is 0.462. The Hall–Kier alpha value is -1.63. The van der Waals surface area contributed by atoms with E-state index in [-0.39, 0.29) is 12.4 Å². The van der Waals surface area contributed by atoms with Gasteiger partial charge in [-0.05, 0) is 30.5 Å². The number of benzene rings is 1. The van der Waals surface area contributed by atoms with Gasteiger partial charge >= 0.3 is 6.18 Å². The van der Waals surface area contributed by atoms with Gasteiger partial charge < -0.3 is 10.6 Å². The fourth-order valence-electron chi connectivity index (χ4n) is 1.72. The summed E-state index contributed by atoms with van der Waals surface area (Å²) in [4.78, 5) is 11.3. The first kappa shape index (κ1) is 16.4. The zero-order valence-corrected chi connectivity index (χ0v) is 11.2. The molecule has 0 spiro atoms. The number of alkyl halides is 3. The average molecular weight is 292 g/mol. The predicted molar refractivity (Wildman–Crippen MR) is 66.6 cm³/mol. The van der Waals surface area contributed by atoms with Gasteiger partial charge in [-0.3, -0.25) is 4.79 Å². The fourth-order valence-corrected chi connectivity index (χ4v) is 1.72. The van der Waals surface area contributed by atoms with Gasteiger partial charge in [-0.25, -0.2) is 4.39 Å². The van der Waals surface area contributed by atoms with E-state index in [0.29, 0.717) is 16.7 Å². The molecule has 0 unspecified atom stereocenters. The molecule has 1 rings (SSSR count). The summed E-state index contributed by atoms with van der Waals surface area (Å²) in [5.74, 6) is -0.846. The maximum atomic E-state index is 13.4. The summed E-state index contributed by atoms with van der Waals surface area (Å²) in [5, 5.41) is 4.46. The second-order valence-corrected chi connectivity index (χ2v) is 4.54. The standard InChI is InChI=1S/C13H16F4N2O/c1-8-3-10(4-9(2)12(8)14)5-19-11(20)6-18-7-13(15,16)17/h3-4,18H,5-7H2,1-2H3,(H,19,20). The van der Waals surface area contributed by atoms with Crippen LogP contribution in [-0.2, 0) is 11.3 Å². The van der Waals surface area contributed by atoms with Crippen molar-refractivity contribution < 1.29 is 22.4 Å². The second-order valence-electron chi connectivity index (χ2n) is 4.54. The zero-order valence-electron chi connectivity index (χ0n) is 11.2. The summed E-state index contributed by atoms with van der Waals surface area (Å²) in [5.41, 5.74) is 1.62. The van der Waals surface area contributed by atoms with Crippen LogP contribution in [0.2, 0.25) is 0 Å². The van der Waals surface area contributed by atoms with Crippen LogP contribution in [0.3, 0.4) is 0 Å². The summed E-state index contributed by atoms with van der Waals surface area (Å²) in [6.07, 6.45) is -4.34. The van der Waals surface area contributed by atoms with Gasteiger partial charge in [-0.15, -0.1) is 0 Å². The molecule has 3 nitrogen and oxygen atoms in total. The molecule has 0 aliphatic heterocycles. The zero-order chi connectivity index (χ0) is 15.3. The van der Waals surface area contributed by atoms with E-state index in [1.165, 1.54) is 0 Å². The van der Waals surface area contributed by atoms with Gasteiger partial charge in [0.25, 0.3) is 0 Å². The van der Waals surface area contributed by atoms with Crippen LogP contribution in [0.15, 0.2) is 12.1 Å². The summed E-state index contributed by atoms with van der Waals surface area (Å²) < 4.78 is 48.9. The SMILES string of the molecule is Cc1cc(CNC(=O)CNCC(F)(F)F)cc(C)c1F. The molecule has 0 bridgehead atoms. The van der Waals surface area contributed by atoms with Crippen molar-refractivity contribution in [3.63, 3.8) is 0 Å². The number of amides is 1. The average Bonchev–Trinajstić information content (AvgIpc) is 2.31. The molecule has 7 heteroatoms. The van der Waals surface area contributed by atoms with Crippen LogP contribution in [-0.4, -0.2) is 25.2 Å². The van der Waals surface area contributed by atoms with E-state index in [2.05, 4.69) is 5.32 Å². The van der Waals surface area contributed by atoms with Crippen molar-refractivity contribution in [2.24, 2.45) is 0 Å². The van der Waals surface area contributed by atoms with E-state index in [1.54, 1.807) is 26.0 Å². The highest BCUT2D eigenvalue weighted by Gasteiger charge is 2.26. The van der Waals surface area contributed by atoms with Crippen LogP contribution >= 0.6 is 0 Å². The molecule has 0 fully saturated rings.